The number of hydrogen-bond acceptors (Lipinski definition) is 5. The maximum Gasteiger partial charge on any atom is 0.251 e. The predicted octanol–water partition coefficient (Wildman–Crippen LogP) is 5.97. The quantitative estimate of drug-likeness (QED) is 0.255. The van der Waals surface area contributed by atoms with Crippen LogP contribution in [0.15, 0.2) is 97.1 Å². The van der Waals surface area contributed by atoms with Gasteiger partial charge in [-0.15, -0.1) is 0 Å². The van der Waals surface area contributed by atoms with Crippen molar-refractivity contribution in [2.24, 2.45) is 0 Å². The maximum atomic E-state index is 14.2. The molecule has 0 heterocycles. The molecule has 0 aliphatic rings. The van der Waals surface area contributed by atoms with Crippen LogP contribution in [0.4, 0.5) is 5.69 Å². The van der Waals surface area contributed by atoms with Gasteiger partial charge in [0.1, 0.15) is 23.3 Å². The fourth-order valence-electron chi connectivity index (χ4n) is 4.55. The first-order chi connectivity index (χ1) is 19.4. The summed E-state index contributed by atoms with van der Waals surface area (Å²) in [6, 6.07) is 28.8. The third kappa shape index (κ3) is 6.80. The number of amides is 2. The van der Waals surface area contributed by atoms with Gasteiger partial charge in [-0.05, 0) is 53.4 Å². The molecule has 0 aliphatic heterocycles. The molecule has 206 valence electrons. The lowest BCUT2D eigenvalue weighted by molar-refractivity contribution is -0.139. The van der Waals surface area contributed by atoms with Crippen LogP contribution in [0.25, 0.3) is 0 Å². The van der Waals surface area contributed by atoms with E-state index < -0.39 is 6.04 Å². The number of nitrogens with one attached hydrogen (secondary N) is 1. The van der Waals surface area contributed by atoms with E-state index >= 15 is 0 Å². The van der Waals surface area contributed by atoms with E-state index in [1.54, 1.807) is 43.4 Å². The Bertz CT molecular complexity index is 1450. The van der Waals surface area contributed by atoms with Gasteiger partial charge in [0, 0.05) is 12.6 Å². The lowest BCUT2D eigenvalue weighted by atomic mass is 10.00. The van der Waals surface area contributed by atoms with E-state index in [9.17, 15) is 9.59 Å². The topological polar surface area (TPSA) is 77.1 Å². The minimum Gasteiger partial charge on any atom is -0.497 e. The van der Waals surface area contributed by atoms with Gasteiger partial charge in [0.2, 0.25) is 5.91 Å². The van der Waals surface area contributed by atoms with Crippen molar-refractivity contribution in [2.75, 3.05) is 26.6 Å². The molecule has 4 rings (SSSR count). The van der Waals surface area contributed by atoms with E-state index in [1.165, 1.54) is 7.11 Å². The number of carbonyl (C=O) groups is 2. The summed E-state index contributed by atoms with van der Waals surface area (Å²) in [5.41, 5.74) is 3.93. The molecule has 0 saturated heterocycles. The Morgan fingerprint density at radius 3 is 2.17 bits per heavy atom. The summed E-state index contributed by atoms with van der Waals surface area (Å²) in [6.45, 7) is 2.24. The van der Waals surface area contributed by atoms with Crippen molar-refractivity contribution in [2.45, 2.75) is 25.9 Å². The molecule has 0 bridgehead atoms. The maximum absolute atomic E-state index is 14.2. The van der Waals surface area contributed by atoms with Gasteiger partial charge in [0.25, 0.3) is 5.91 Å². The summed E-state index contributed by atoms with van der Waals surface area (Å²) in [4.78, 5) is 29.8. The van der Waals surface area contributed by atoms with Crippen LogP contribution in [0, 0.1) is 6.92 Å². The largest absolute Gasteiger partial charge is 0.497 e. The normalized spacial score (nSPS) is 11.3. The molecule has 0 aromatic heterocycles. The molecule has 0 saturated carbocycles. The molecular weight excluding hydrogens is 504 g/mol. The lowest BCUT2D eigenvalue weighted by Crippen LogP contribution is -2.41. The van der Waals surface area contributed by atoms with Crippen LogP contribution in [0.1, 0.15) is 28.3 Å². The monoisotopic (exact) mass is 538 g/mol. The first-order valence-electron chi connectivity index (χ1n) is 13.0. The number of benzene rings is 4. The van der Waals surface area contributed by atoms with Crippen molar-refractivity contribution in [1.82, 2.24) is 4.90 Å². The fraction of sp³-hybridized carbons (Fsp3) is 0.212. The molecule has 0 fully saturated rings. The Morgan fingerprint density at radius 2 is 1.48 bits per heavy atom. The van der Waals surface area contributed by atoms with Gasteiger partial charge in [-0.3, -0.25) is 9.59 Å². The number of nitrogens with zero attached hydrogens (tertiary/aromatic N) is 1. The van der Waals surface area contributed by atoms with Crippen LogP contribution in [-0.4, -0.2) is 38.0 Å². The predicted molar refractivity (Wildman–Crippen MR) is 156 cm³/mol. The van der Waals surface area contributed by atoms with Crippen LogP contribution in [0.5, 0.6) is 17.2 Å². The third-order valence-corrected chi connectivity index (χ3v) is 6.76. The third-order valence-electron chi connectivity index (χ3n) is 6.76. The zero-order chi connectivity index (χ0) is 28.5. The summed E-state index contributed by atoms with van der Waals surface area (Å²) in [5.74, 6) is 1.06. The summed E-state index contributed by atoms with van der Waals surface area (Å²) in [7, 11) is 4.66. The Kier molecular flexibility index (Phi) is 9.41. The highest BCUT2D eigenvalue weighted by Gasteiger charge is 2.33. The summed E-state index contributed by atoms with van der Waals surface area (Å²) in [6.07, 6.45) is 0.145. The van der Waals surface area contributed by atoms with E-state index in [0.717, 1.165) is 16.7 Å². The minimum atomic E-state index is -0.960. The molecule has 4 aromatic rings. The van der Waals surface area contributed by atoms with E-state index in [1.807, 2.05) is 79.7 Å². The molecule has 40 heavy (non-hydrogen) atoms. The Hall–Kier alpha value is -4.78. The van der Waals surface area contributed by atoms with Gasteiger partial charge in [0.05, 0.1) is 33.4 Å². The Labute approximate surface area is 235 Å². The van der Waals surface area contributed by atoms with E-state index in [0.29, 0.717) is 28.5 Å². The second-order valence-electron chi connectivity index (χ2n) is 9.35. The molecule has 4 aromatic carbocycles. The molecule has 1 N–H and O–H groups in total. The molecule has 2 amide bonds. The van der Waals surface area contributed by atoms with Crippen molar-refractivity contribution in [3.05, 3.63) is 119 Å². The lowest BCUT2D eigenvalue weighted by Gasteiger charge is -2.32. The van der Waals surface area contributed by atoms with Crippen LogP contribution in [0.2, 0.25) is 0 Å². The molecule has 1 unspecified atom stereocenters. The van der Waals surface area contributed by atoms with Gasteiger partial charge in [-0.25, -0.2) is 0 Å². The fourth-order valence-corrected chi connectivity index (χ4v) is 4.55. The first kappa shape index (κ1) is 28.2. The number of aryl methyl sites for hydroxylation is 1. The summed E-state index contributed by atoms with van der Waals surface area (Å²) in [5, 5.41) is 2.99. The molecule has 1 atom stereocenters. The average Bonchev–Trinajstić information content (AvgIpc) is 2.98. The molecule has 0 radical (unpaired) electrons. The second-order valence-corrected chi connectivity index (χ2v) is 9.35. The summed E-state index contributed by atoms with van der Waals surface area (Å²) < 4.78 is 16.3. The minimum absolute atomic E-state index is 0.145. The highest BCUT2D eigenvalue weighted by atomic mass is 16.5. The highest BCUT2D eigenvalue weighted by molar-refractivity contribution is 5.99. The number of methoxy groups -OCH3 is 3. The van der Waals surface area contributed by atoms with Crippen molar-refractivity contribution in [1.29, 1.82) is 0 Å². The van der Waals surface area contributed by atoms with Gasteiger partial charge in [0.15, 0.2) is 0 Å². The molecular formula is C33H34N2O5. The number of ether oxygens (including phenoxy) is 3. The van der Waals surface area contributed by atoms with Crippen LogP contribution < -0.4 is 19.5 Å². The zero-order valence-corrected chi connectivity index (χ0v) is 23.2. The van der Waals surface area contributed by atoms with Gasteiger partial charge in [-0.2, -0.15) is 0 Å². The number of anilines is 1. The Balaban J connectivity index is 1.80. The van der Waals surface area contributed by atoms with Crippen LogP contribution in [-0.2, 0) is 22.6 Å². The molecule has 0 aliphatic carbocycles. The summed E-state index contributed by atoms with van der Waals surface area (Å²) >= 11 is 0. The Morgan fingerprint density at radius 1 is 0.775 bits per heavy atom. The van der Waals surface area contributed by atoms with Gasteiger partial charge < -0.3 is 24.4 Å². The molecule has 7 nitrogen and oxygen atoms in total. The average molecular weight is 539 g/mol. The van der Waals surface area contributed by atoms with Crippen molar-refractivity contribution < 1.29 is 23.8 Å². The SMILES string of the molecule is COc1cccc(C(C(=O)Nc2ccc(OC)cc2OC)N(Cc2ccccc2C)C(=O)Cc2ccccc2)c1. The molecule has 0 spiro atoms. The van der Waals surface area contributed by atoms with Crippen molar-refractivity contribution in [3.8, 4) is 17.2 Å². The van der Waals surface area contributed by atoms with E-state index in [2.05, 4.69) is 5.32 Å². The van der Waals surface area contributed by atoms with Crippen LogP contribution >= 0.6 is 0 Å². The van der Waals surface area contributed by atoms with E-state index in [4.69, 9.17) is 14.2 Å². The highest BCUT2D eigenvalue weighted by Crippen LogP contribution is 2.33. The van der Waals surface area contributed by atoms with Gasteiger partial charge in [-0.1, -0.05) is 66.7 Å². The van der Waals surface area contributed by atoms with Gasteiger partial charge >= 0.3 is 0 Å². The van der Waals surface area contributed by atoms with Crippen molar-refractivity contribution >= 4 is 17.5 Å². The molecule has 7 heteroatoms. The first-order valence-corrected chi connectivity index (χ1v) is 13.0. The standard InChI is InChI=1S/C33H34N2O5/c1-23-11-8-9-14-26(23)22-35(31(36)19-24-12-6-5-7-13-24)32(25-15-10-16-27(20-25)38-2)33(37)34-29-18-17-28(39-3)21-30(29)40-4/h5-18,20-21,32H,19,22H2,1-4H3,(H,34,37). The number of hydrogen-bond donors (Lipinski definition) is 1. The van der Waals surface area contributed by atoms with Crippen LogP contribution in [0.3, 0.4) is 0 Å². The zero-order valence-electron chi connectivity index (χ0n) is 23.2. The number of carbonyl (C=O) groups excluding carboxylic acids is 2. The van der Waals surface area contributed by atoms with E-state index in [-0.39, 0.29) is 24.8 Å². The smallest absolute Gasteiger partial charge is 0.251 e. The number of rotatable bonds is 11. The second kappa shape index (κ2) is 13.3. The van der Waals surface area contributed by atoms with Crippen molar-refractivity contribution in [3.63, 3.8) is 0 Å².